The van der Waals surface area contributed by atoms with Gasteiger partial charge < -0.3 is 33.2 Å². The molecule has 236 valence electrons. The van der Waals surface area contributed by atoms with Crippen LogP contribution in [-0.4, -0.2) is 96.9 Å². The van der Waals surface area contributed by atoms with Crippen molar-refractivity contribution in [3.05, 3.63) is 89.5 Å². The normalized spacial score (nSPS) is 14.5. The van der Waals surface area contributed by atoms with Gasteiger partial charge in [-0.05, 0) is 55.6 Å². The van der Waals surface area contributed by atoms with E-state index < -0.39 is 15.9 Å². The summed E-state index contributed by atoms with van der Waals surface area (Å²) >= 11 is 0. The number of aromatic nitrogens is 1. The van der Waals surface area contributed by atoms with Crippen LogP contribution in [0, 0.1) is 0 Å². The molecule has 3 aromatic carbocycles. The van der Waals surface area contributed by atoms with Gasteiger partial charge in [0.1, 0.15) is 11.5 Å². The molecule has 2 heterocycles. The van der Waals surface area contributed by atoms with Crippen molar-refractivity contribution in [1.29, 1.82) is 0 Å². The standard InChI is InChI=1S/C33H41N3O7S/c1-34(2)17-18-36-30-8-6-5-7-29(30)32(33(36)44(37,38)35-19-21-41-22-20-35)31(25-9-13-27(14-10-25)42-23-39-3)26-11-15-28(16-12-26)43-24-40-4/h5-16,31H,17-24H2,1-4H3. The minimum atomic E-state index is -3.92. The number of rotatable bonds is 14. The van der Waals surface area contributed by atoms with Gasteiger partial charge in [0.05, 0.1) is 13.2 Å². The SMILES string of the molecule is COCOc1ccc(C(c2ccc(OCOC)cc2)c2c(S(=O)(=O)N3CCOCC3)n(CCN(C)C)c3ccccc23)cc1. The Bertz CT molecular complexity index is 1560. The number of benzene rings is 3. The molecule has 44 heavy (non-hydrogen) atoms. The number of methoxy groups -OCH3 is 2. The summed E-state index contributed by atoms with van der Waals surface area (Å²) in [5, 5.41) is 1.20. The van der Waals surface area contributed by atoms with E-state index >= 15 is 0 Å². The molecule has 1 aromatic heterocycles. The van der Waals surface area contributed by atoms with Crippen LogP contribution in [0.4, 0.5) is 0 Å². The van der Waals surface area contributed by atoms with Crippen LogP contribution in [0.5, 0.6) is 11.5 Å². The molecule has 0 saturated carbocycles. The molecule has 0 N–H and O–H groups in total. The zero-order valence-electron chi connectivity index (χ0n) is 25.8. The maximum atomic E-state index is 14.7. The summed E-state index contributed by atoms with van der Waals surface area (Å²) in [7, 11) is 3.22. The van der Waals surface area contributed by atoms with Gasteiger partial charge in [-0.3, -0.25) is 0 Å². The smallest absolute Gasteiger partial charge is 0.259 e. The fourth-order valence-corrected chi connectivity index (χ4v) is 7.44. The van der Waals surface area contributed by atoms with E-state index in [4.69, 9.17) is 23.7 Å². The third kappa shape index (κ3) is 6.93. The average Bonchev–Trinajstić information content (AvgIpc) is 3.38. The molecule has 0 aliphatic carbocycles. The number of hydrogen-bond acceptors (Lipinski definition) is 8. The molecule has 10 nitrogen and oxygen atoms in total. The van der Waals surface area contributed by atoms with Crippen LogP contribution in [0.15, 0.2) is 77.8 Å². The largest absolute Gasteiger partial charge is 0.468 e. The lowest BCUT2D eigenvalue weighted by Gasteiger charge is -2.29. The van der Waals surface area contributed by atoms with E-state index in [0.717, 1.165) is 27.6 Å². The lowest BCUT2D eigenvalue weighted by Crippen LogP contribution is -2.42. The number of nitrogens with zero attached hydrogens (tertiary/aromatic N) is 3. The number of fused-ring (bicyclic) bond motifs is 1. The minimum Gasteiger partial charge on any atom is -0.468 e. The number of para-hydroxylation sites is 1. The van der Waals surface area contributed by atoms with Crippen molar-refractivity contribution in [2.75, 3.05) is 74.7 Å². The van der Waals surface area contributed by atoms with Gasteiger partial charge in [-0.1, -0.05) is 42.5 Å². The molecule has 1 aliphatic rings. The third-order valence-electron chi connectivity index (χ3n) is 7.69. The van der Waals surface area contributed by atoms with Crippen LogP contribution in [0.3, 0.4) is 0 Å². The average molecular weight is 624 g/mol. The molecule has 1 aliphatic heterocycles. The number of hydrogen-bond donors (Lipinski definition) is 0. The van der Waals surface area contributed by atoms with Crippen molar-refractivity contribution in [2.45, 2.75) is 17.5 Å². The van der Waals surface area contributed by atoms with Crippen LogP contribution < -0.4 is 9.47 Å². The second-order valence-corrected chi connectivity index (χ2v) is 12.7. The second-order valence-electron chi connectivity index (χ2n) is 10.9. The summed E-state index contributed by atoms with van der Waals surface area (Å²) in [5.74, 6) is 0.902. The topological polar surface area (TPSA) is 91.7 Å². The molecule has 0 spiro atoms. The Morgan fingerprint density at radius 3 is 1.89 bits per heavy atom. The number of morpholine rings is 1. The highest BCUT2D eigenvalue weighted by Crippen LogP contribution is 2.43. The first-order chi connectivity index (χ1) is 21.3. The van der Waals surface area contributed by atoms with E-state index in [2.05, 4.69) is 4.90 Å². The molecule has 0 bridgehead atoms. The Morgan fingerprint density at radius 1 is 0.818 bits per heavy atom. The first kappa shape index (κ1) is 32.0. The molecule has 0 atom stereocenters. The van der Waals surface area contributed by atoms with Gasteiger partial charge in [-0.2, -0.15) is 4.31 Å². The van der Waals surface area contributed by atoms with Gasteiger partial charge in [0.15, 0.2) is 18.6 Å². The lowest BCUT2D eigenvalue weighted by atomic mass is 9.85. The second kappa shape index (κ2) is 14.6. The van der Waals surface area contributed by atoms with Crippen LogP contribution in [0.1, 0.15) is 22.6 Å². The fourth-order valence-electron chi connectivity index (χ4n) is 5.59. The molecule has 0 amide bonds. The lowest BCUT2D eigenvalue weighted by molar-refractivity contribution is 0.0509. The van der Waals surface area contributed by atoms with Gasteiger partial charge in [0.25, 0.3) is 10.0 Å². The Hall–Kier alpha value is -3.45. The summed E-state index contributed by atoms with van der Waals surface area (Å²) in [5.41, 5.74) is 3.46. The van der Waals surface area contributed by atoms with Crippen molar-refractivity contribution in [3.8, 4) is 11.5 Å². The fraction of sp³-hybridized carbons (Fsp3) is 0.394. The Kier molecular flexibility index (Phi) is 10.6. The molecule has 4 aromatic rings. The molecule has 0 radical (unpaired) electrons. The summed E-state index contributed by atoms with van der Waals surface area (Å²) < 4.78 is 60.0. The molecular weight excluding hydrogens is 582 g/mol. The third-order valence-corrected chi connectivity index (χ3v) is 9.66. The van der Waals surface area contributed by atoms with Crippen molar-refractivity contribution in [1.82, 2.24) is 13.8 Å². The molecule has 0 unspecified atom stereocenters. The minimum absolute atomic E-state index is 0.132. The summed E-state index contributed by atoms with van der Waals surface area (Å²) in [6, 6.07) is 23.5. The van der Waals surface area contributed by atoms with Gasteiger partial charge in [-0.25, -0.2) is 8.42 Å². The zero-order chi connectivity index (χ0) is 31.1. The highest BCUT2D eigenvalue weighted by atomic mass is 32.2. The van der Waals surface area contributed by atoms with E-state index in [1.807, 2.05) is 91.5 Å². The Labute approximate surface area is 259 Å². The first-order valence-corrected chi connectivity index (χ1v) is 16.1. The summed E-state index contributed by atoms with van der Waals surface area (Å²) in [4.78, 5) is 2.06. The summed E-state index contributed by atoms with van der Waals surface area (Å²) in [6.45, 7) is 2.78. The first-order valence-electron chi connectivity index (χ1n) is 14.6. The number of likely N-dealkylation sites (N-methyl/N-ethyl adjacent to an activating group) is 1. The van der Waals surface area contributed by atoms with Gasteiger partial charge in [-0.15, -0.1) is 0 Å². The quantitative estimate of drug-likeness (QED) is 0.191. The van der Waals surface area contributed by atoms with Crippen LogP contribution in [0.2, 0.25) is 0 Å². The van der Waals surface area contributed by atoms with Crippen molar-refractivity contribution < 1.29 is 32.1 Å². The zero-order valence-corrected chi connectivity index (χ0v) is 26.6. The molecule has 1 saturated heterocycles. The number of sulfonamides is 1. The van der Waals surface area contributed by atoms with Gasteiger partial charge in [0.2, 0.25) is 0 Å². The van der Waals surface area contributed by atoms with Gasteiger partial charge >= 0.3 is 0 Å². The Balaban J connectivity index is 1.76. The Morgan fingerprint density at radius 2 is 1.36 bits per heavy atom. The molecule has 11 heteroatoms. The van der Waals surface area contributed by atoms with Crippen LogP contribution in [0.25, 0.3) is 10.9 Å². The maximum Gasteiger partial charge on any atom is 0.259 e. The van der Waals surface area contributed by atoms with Crippen molar-refractivity contribution in [3.63, 3.8) is 0 Å². The highest BCUT2D eigenvalue weighted by molar-refractivity contribution is 7.89. The van der Waals surface area contributed by atoms with E-state index in [-0.39, 0.29) is 13.6 Å². The molecule has 5 rings (SSSR count). The number of ether oxygens (including phenoxy) is 5. The van der Waals surface area contributed by atoms with E-state index in [1.165, 1.54) is 0 Å². The van der Waals surface area contributed by atoms with Crippen LogP contribution in [-0.2, 0) is 30.8 Å². The predicted molar refractivity (Wildman–Crippen MR) is 169 cm³/mol. The van der Waals surface area contributed by atoms with E-state index in [9.17, 15) is 8.42 Å². The monoisotopic (exact) mass is 623 g/mol. The van der Waals surface area contributed by atoms with Crippen LogP contribution >= 0.6 is 0 Å². The predicted octanol–water partition coefficient (Wildman–Crippen LogP) is 4.37. The molecule has 1 fully saturated rings. The molecular formula is C33H41N3O7S. The summed E-state index contributed by atoms with van der Waals surface area (Å²) in [6.07, 6.45) is 0. The highest BCUT2D eigenvalue weighted by Gasteiger charge is 2.37. The van der Waals surface area contributed by atoms with Gasteiger partial charge in [0, 0.05) is 62.8 Å². The van der Waals surface area contributed by atoms with Crippen molar-refractivity contribution in [2.24, 2.45) is 0 Å². The van der Waals surface area contributed by atoms with Crippen molar-refractivity contribution >= 4 is 20.9 Å². The maximum absolute atomic E-state index is 14.7. The van der Waals surface area contributed by atoms with E-state index in [0.29, 0.717) is 55.9 Å². The van der Waals surface area contributed by atoms with E-state index in [1.54, 1.807) is 18.5 Å².